The molecule has 0 atom stereocenters. The van der Waals surface area contributed by atoms with Gasteiger partial charge in [0.25, 0.3) is 0 Å². The maximum Gasteiger partial charge on any atom is 0.176 e. The number of unbranched alkanes of at least 4 members (excludes halogenated alkanes) is 9. The van der Waals surface area contributed by atoms with Gasteiger partial charge in [0.05, 0.1) is 0 Å². The van der Waals surface area contributed by atoms with E-state index in [0.29, 0.717) is 0 Å². The van der Waals surface area contributed by atoms with E-state index in [1.165, 1.54) is 75.0 Å². The van der Waals surface area contributed by atoms with Crippen LogP contribution in [-0.2, 0) is 6.54 Å². The number of fused-ring (bicyclic) bond motifs is 1. The zero-order valence-corrected chi connectivity index (χ0v) is 16.2. The quantitative estimate of drug-likeness (QED) is 0.418. The number of aryl methyl sites for hydroxylation is 1. The second-order valence-corrected chi connectivity index (χ2v) is 6.49. The molecule has 0 amide bonds. The fraction of sp³-hybridized carbons (Fsp3) is 0.571. The Hall–Kier alpha value is -0.890. The van der Waals surface area contributed by atoms with E-state index < -0.39 is 0 Å². The molecule has 128 valence electrons. The number of nitrogens with zero attached hydrogens (tertiary/aromatic N) is 1. The molecule has 0 saturated carbocycles. The van der Waals surface area contributed by atoms with Crippen molar-refractivity contribution in [1.29, 1.82) is 0 Å². The highest BCUT2D eigenvalue weighted by Crippen LogP contribution is 2.11. The normalized spacial score (nSPS) is 10.7. The molecule has 0 aliphatic heterocycles. The summed E-state index contributed by atoms with van der Waals surface area (Å²) in [5.41, 5.74) is 0. The van der Waals surface area contributed by atoms with Gasteiger partial charge in [-0.25, -0.2) is 4.57 Å². The summed E-state index contributed by atoms with van der Waals surface area (Å²) in [6.45, 7) is 3.44. The van der Waals surface area contributed by atoms with E-state index in [2.05, 4.69) is 54.2 Å². The van der Waals surface area contributed by atoms with Crippen LogP contribution in [-0.4, -0.2) is 0 Å². The van der Waals surface area contributed by atoms with E-state index in [4.69, 9.17) is 0 Å². The van der Waals surface area contributed by atoms with E-state index in [1.54, 1.807) is 0 Å². The van der Waals surface area contributed by atoms with Crippen LogP contribution in [0.4, 0.5) is 0 Å². The number of hydrogen-bond acceptors (Lipinski definition) is 0. The predicted molar refractivity (Wildman–Crippen MR) is 96.0 cm³/mol. The highest BCUT2D eigenvalue weighted by Gasteiger charge is 2.02. The van der Waals surface area contributed by atoms with Crippen molar-refractivity contribution in [3.8, 4) is 0 Å². The SMILES string of the molecule is CCCCCCCCCCCC[n+]1ccc2ccccc2c1.[Br-]. The summed E-state index contributed by atoms with van der Waals surface area (Å²) in [7, 11) is 0. The van der Waals surface area contributed by atoms with Crippen LogP contribution in [0.25, 0.3) is 10.8 Å². The largest absolute Gasteiger partial charge is 1.00 e. The van der Waals surface area contributed by atoms with Gasteiger partial charge in [-0.2, -0.15) is 0 Å². The van der Waals surface area contributed by atoms with Crippen LogP contribution >= 0.6 is 0 Å². The molecule has 0 unspecified atom stereocenters. The fourth-order valence-electron chi connectivity index (χ4n) is 3.10. The van der Waals surface area contributed by atoms with Gasteiger partial charge in [-0.15, -0.1) is 0 Å². The lowest BCUT2D eigenvalue weighted by Gasteiger charge is -2.02. The first-order chi connectivity index (χ1) is 10.9. The average Bonchev–Trinajstić information content (AvgIpc) is 2.56. The van der Waals surface area contributed by atoms with Crippen LogP contribution in [0.3, 0.4) is 0 Å². The van der Waals surface area contributed by atoms with E-state index in [0.717, 1.165) is 6.54 Å². The molecule has 2 rings (SSSR count). The van der Waals surface area contributed by atoms with Gasteiger partial charge in [-0.05, 0) is 17.9 Å². The molecule has 0 N–H and O–H groups in total. The fourth-order valence-corrected chi connectivity index (χ4v) is 3.10. The Morgan fingerprint density at radius 2 is 1.26 bits per heavy atom. The maximum atomic E-state index is 2.34. The molecule has 2 heteroatoms. The Kier molecular flexibility index (Phi) is 11.0. The third-order valence-corrected chi connectivity index (χ3v) is 4.52. The number of aromatic nitrogens is 1. The van der Waals surface area contributed by atoms with Gasteiger partial charge in [-0.1, -0.05) is 76.5 Å². The maximum absolute atomic E-state index is 2.34. The molecule has 0 radical (unpaired) electrons. The summed E-state index contributed by atoms with van der Waals surface area (Å²) in [6.07, 6.45) is 18.5. The third kappa shape index (κ3) is 7.97. The van der Waals surface area contributed by atoms with Crippen LogP contribution < -0.4 is 21.5 Å². The Bertz CT molecular complexity index is 538. The molecule has 0 aliphatic rings. The lowest BCUT2D eigenvalue weighted by molar-refractivity contribution is -0.696. The highest BCUT2D eigenvalue weighted by molar-refractivity contribution is 5.80. The summed E-state index contributed by atoms with van der Waals surface area (Å²) in [4.78, 5) is 0. The van der Waals surface area contributed by atoms with Gasteiger partial charge in [0.2, 0.25) is 0 Å². The van der Waals surface area contributed by atoms with E-state index in [1.807, 2.05) is 0 Å². The average molecular weight is 378 g/mol. The standard InChI is InChI=1S/C21H32N.BrH/c1-2-3-4-5-6-7-8-9-10-13-17-22-18-16-20-14-11-12-15-21(20)19-22;/h11-12,14-16,18-19H,2-10,13,17H2,1H3;1H/q+1;/p-1. The van der Waals surface area contributed by atoms with Gasteiger partial charge in [0.15, 0.2) is 12.4 Å². The summed E-state index contributed by atoms with van der Waals surface area (Å²) in [5, 5.41) is 2.68. The molecule has 1 aromatic heterocycles. The molecular formula is C21H32BrN. The van der Waals surface area contributed by atoms with Gasteiger partial charge in [0.1, 0.15) is 6.54 Å². The van der Waals surface area contributed by atoms with Crippen molar-refractivity contribution >= 4 is 10.8 Å². The van der Waals surface area contributed by atoms with Crippen molar-refractivity contribution in [2.75, 3.05) is 0 Å². The molecule has 0 fully saturated rings. The van der Waals surface area contributed by atoms with Gasteiger partial charge in [-0.3, -0.25) is 0 Å². The van der Waals surface area contributed by atoms with E-state index in [-0.39, 0.29) is 17.0 Å². The minimum absolute atomic E-state index is 0. The molecular weight excluding hydrogens is 346 g/mol. The first kappa shape index (κ1) is 20.2. The zero-order chi connectivity index (χ0) is 15.5. The van der Waals surface area contributed by atoms with Gasteiger partial charge in [0, 0.05) is 17.9 Å². The first-order valence-corrected chi connectivity index (χ1v) is 9.28. The molecule has 0 spiro atoms. The van der Waals surface area contributed by atoms with E-state index in [9.17, 15) is 0 Å². The zero-order valence-electron chi connectivity index (χ0n) is 14.6. The number of benzene rings is 1. The minimum Gasteiger partial charge on any atom is -1.00 e. The predicted octanol–water partition coefficient (Wildman–Crippen LogP) is 3.05. The molecule has 0 aliphatic carbocycles. The van der Waals surface area contributed by atoms with Crippen molar-refractivity contribution in [2.24, 2.45) is 0 Å². The summed E-state index contributed by atoms with van der Waals surface area (Å²) in [5.74, 6) is 0. The van der Waals surface area contributed by atoms with Crippen molar-refractivity contribution in [1.82, 2.24) is 0 Å². The number of hydrogen-bond donors (Lipinski definition) is 0. The molecule has 2 aromatic rings. The van der Waals surface area contributed by atoms with E-state index >= 15 is 0 Å². The Balaban J connectivity index is 0.00000264. The number of halogens is 1. The highest BCUT2D eigenvalue weighted by atomic mass is 79.9. The first-order valence-electron chi connectivity index (χ1n) is 9.28. The smallest absolute Gasteiger partial charge is 0.176 e. The summed E-state index contributed by atoms with van der Waals surface area (Å²) in [6, 6.07) is 10.8. The summed E-state index contributed by atoms with van der Waals surface area (Å²) >= 11 is 0. The summed E-state index contributed by atoms with van der Waals surface area (Å²) < 4.78 is 2.34. The van der Waals surface area contributed by atoms with Crippen LogP contribution in [0, 0.1) is 0 Å². The molecule has 1 aromatic carbocycles. The van der Waals surface area contributed by atoms with Crippen LogP contribution in [0.1, 0.15) is 71.1 Å². The van der Waals surface area contributed by atoms with Crippen LogP contribution in [0.15, 0.2) is 42.7 Å². The molecule has 1 nitrogen and oxygen atoms in total. The Labute approximate surface area is 152 Å². The number of pyridine rings is 1. The topological polar surface area (TPSA) is 3.88 Å². The van der Waals surface area contributed by atoms with Crippen molar-refractivity contribution in [3.63, 3.8) is 0 Å². The van der Waals surface area contributed by atoms with Crippen molar-refractivity contribution in [2.45, 2.75) is 77.7 Å². The monoisotopic (exact) mass is 377 g/mol. The van der Waals surface area contributed by atoms with Crippen molar-refractivity contribution < 1.29 is 21.5 Å². The second-order valence-electron chi connectivity index (χ2n) is 6.49. The van der Waals surface area contributed by atoms with Crippen molar-refractivity contribution in [3.05, 3.63) is 42.7 Å². The van der Waals surface area contributed by atoms with Gasteiger partial charge < -0.3 is 17.0 Å². The Morgan fingerprint density at radius 1 is 0.696 bits per heavy atom. The third-order valence-electron chi connectivity index (χ3n) is 4.52. The van der Waals surface area contributed by atoms with Crippen LogP contribution in [0.5, 0.6) is 0 Å². The number of rotatable bonds is 11. The second kappa shape index (κ2) is 12.5. The van der Waals surface area contributed by atoms with Crippen LogP contribution in [0.2, 0.25) is 0 Å². The van der Waals surface area contributed by atoms with Gasteiger partial charge >= 0.3 is 0 Å². The lowest BCUT2D eigenvalue weighted by Crippen LogP contribution is -3.00. The minimum atomic E-state index is 0. The molecule has 1 heterocycles. The molecule has 0 saturated heterocycles. The molecule has 0 bridgehead atoms. The Morgan fingerprint density at radius 3 is 1.91 bits per heavy atom. The molecule has 23 heavy (non-hydrogen) atoms. The lowest BCUT2D eigenvalue weighted by atomic mass is 10.1.